The van der Waals surface area contributed by atoms with Gasteiger partial charge in [0, 0.05) is 6.42 Å². The maximum atomic E-state index is 11.0. The van der Waals surface area contributed by atoms with E-state index in [9.17, 15) is 9.59 Å². The van der Waals surface area contributed by atoms with E-state index >= 15 is 0 Å². The van der Waals surface area contributed by atoms with E-state index in [1.165, 1.54) is 20.1 Å². The van der Waals surface area contributed by atoms with Crippen molar-refractivity contribution in [3.05, 3.63) is 41.5 Å². The van der Waals surface area contributed by atoms with Gasteiger partial charge in [-0.25, -0.2) is 0 Å². The second-order valence-corrected chi connectivity index (χ2v) is 3.77. The minimum atomic E-state index is -0.213. The summed E-state index contributed by atoms with van der Waals surface area (Å²) in [6.07, 6.45) is 4.31. The molecule has 0 fully saturated rings. The molecular formula is C14H16O3. The van der Waals surface area contributed by atoms with Crippen LogP contribution in [0.4, 0.5) is 0 Å². The molecule has 0 bridgehead atoms. The summed E-state index contributed by atoms with van der Waals surface area (Å²) in [5, 5.41) is 0. The number of rotatable bonds is 5. The molecule has 0 amide bonds. The van der Waals surface area contributed by atoms with Crippen molar-refractivity contribution in [1.29, 1.82) is 0 Å². The number of methoxy groups -OCH3 is 1. The Morgan fingerprint density at radius 3 is 2.76 bits per heavy atom. The number of ketones is 1. The van der Waals surface area contributed by atoms with Crippen LogP contribution in [0.5, 0.6) is 0 Å². The van der Waals surface area contributed by atoms with Crippen LogP contribution in [-0.4, -0.2) is 18.9 Å². The Hall–Kier alpha value is -1.90. The first-order chi connectivity index (χ1) is 8.11. The third-order valence-electron chi connectivity index (χ3n) is 2.31. The average Bonchev–Trinajstić information content (AvgIpc) is 2.34. The molecule has 0 heterocycles. The molecule has 0 N–H and O–H groups in total. The SMILES string of the molecule is COC(=O)CCc1cccc(/C=C/C(C)=O)c1. The quantitative estimate of drug-likeness (QED) is 0.578. The van der Waals surface area contributed by atoms with Gasteiger partial charge in [0.05, 0.1) is 7.11 Å². The van der Waals surface area contributed by atoms with Crippen LogP contribution >= 0.6 is 0 Å². The predicted molar refractivity (Wildman–Crippen MR) is 66.5 cm³/mol. The number of benzene rings is 1. The molecular weight excluding hydrogens is 216 g/mol. The minimum Gasteiger partial charge on any atom is -0.469 e. The summed E-state index contributed by atoms with van der Waals surface area (Å²) in [5.74, 6) is -0.195. The predicted octanol–water partition coefficient (Wildman–Crippen LogP) is 2.39. The zero-order valence-electron chi connectivity index (χ0n) is 10.1. The highest BCUT2D eigenvalue weighted by atomic mass is 16.5. The van der Waals surface area contributed by atoms with Crippen molar-refractivity contribution in [1.82, 2.24) is 0 Å². The summed E-state index contributed by atoms with van der Waals surface area (Å²) in [7, 11) is 1.38. The average molecular weight is 232 g/mol. The van der Waals surface area contributed by atoms with E-state index in [4.69, 9.17) is 0 Å². The van der Waals surface area contributed by atoms with E-state index in [2.05, 4.69) is 4.74 Å². The van der Waals surface area contributed by atoms with E-state index in [1.54, 1.807) is 6.08 Å². The monoisotopic (exact) mass is 232 g/mol. The van der Waals surface area contributed by atoms with E-state index in [0.717, 1.165) is 11.1 Å². The molecule has 3 heteroatoms. The number of allylic oxidation sites excluding steroid dienone is 1. The summed E-state index contributed by atoms with van der Waals surface area (Å²) in [5.41, 5.74) is 2.02. The largest absolute Gasteiger partial charge is 0.469 e. The molecule has 0 aliphatic carbocycles. The number of ether oxygens (including phenoxy) is 1. The van der Waals surface area contributed by atoms with Gasteiger partial charge in [-0.1, -0.05) is 30.3 Å². The molecule has 0 radical (unpaired) electrons. The van der Waals surface area contributed by atoms with Gasteiger partial charge in [-0.15, -0.1) is 0 Å². The summed E-state index contributed by atoms with van der Waals surface area (Å²) in [4.78, 5) is 21.8. The fourth-order valence-corrected chi connectivity index (χ4v) is 1.41. The lowest BCUT2D eigenvalue weighted by Gasteiger charge is -2.01. The van der Waals surface area contributed by atoms with Crippen LogP contribution in [0.3, 0.4) is 0 Å². The fraction of sp³-hybridized carbons (Fsp3) is 0.286. The topological polar surface area (TPSA) is 43.4 Å². The van der Waals surface area contributed by atoms with Gasteiger partial charge in [0.1, 0.15) is 0 Å². The van der Waals surface area contributed by atoms with Crippen LogP contribution in [0.1, 0.15) is 24.5 Å². The minimum absolute atomic E-state index is 0.0185. The molecule has 1 aromatic rings. The summed E-state index contributed by atoms with van der Waals surface area (Å²) >= 11 is 0. The van der Waals surface area contributed by atoms with Crippen molar-refractivity contribution in [2.24, 2.45) is 0 Å². The molecule has 17 heavy (non-hydrogen) atoms. The maximum Gasteiger partial charge on any atom is 0.305 e. The molecule has 0 spiro atoms. The number of carbonyl (C=O) groups excluding carboxylic acids is 2. The molecule has 0 unspecified atom stereocenters. The van der Waals surface area contributed by atoms with Crippen LogP contribution in [0, 0.1) is 0 Å². The van der Waals surface area contributed by atoms with Gasteiger partial charge < -0.3 is 4.74 Å². The Morgan fingerprint density at radius 1 is 1.35 bits per heavy atom. The van der Waals surface area contributed by atoms with Crippen molar-refractivity contribution in [3.63, 3.8) is 0 Å². The van der Waals surface area contributed by atoms with Crippen LogP contribution < -0.4 is 0 Å². The molecule has 0 saturated carbocycles. The van der Waals surface area contributed by atoms with Crippen LogP contribution in [0.2, 0.25) is 0 Å². The first kappa shape index (κ1) is 13.2. The van der Waals surface area contributed by atoms with E-state index in [-0.39, 0.29) is 11.8 Å². The summed E-state index contributed by atoms with van der Waals surface area (Å²) < 4.78 is 4.58. The van der Waals surface area contributed by atoms with Crippen molar-refractivity contribution in [2.75, 3.05) is 7.11 Å². The van der Waals surface area contributed by atoms with Crippen LogP contribution in [0.25, 0.3) is 6.08 Å². The maximum absolute atomic E-state index is 11.0. The Morgan fingerprint density at radius 2 is 2.12 bits per heavy atom. The third-order valence-corrected chi connectivity index (χ3v) is 2.31. The zero-order chi connectivity index (χ0) is 12.7. The molecule has 0 aromatic heterocycles. The van der Waals surface area contributed by atoms with Crippen LogP contribution in [-0.2, 0) is 20.7 Å². The fourth-order valence-electron chi connectivity index (χ4n) is 1.41. The van der Waals surface area contributed by atoms with E-state index < -0.39 is 0 Å². The normalized spacial score (nSPS) is 10.5. The number of hydrogen-bond acceptors (Lipinski definition) is 3. The van der Waals surface area contributed by atoms with Crippen LogP contribution in [0.15, 0.2) is 30.3 Å². The first-order valence-corrected chi connectivity index (χ1v) is 5.46. The highest BCUT2D eigenvalue weighted by Crippen LogP contribution is 2.09. The summed E-state index contributed by atoms with van der Waals surface area (Å²) in [6, 6.07) is 7.74. The number of carbonyl (C=O) groups is 2. The first-order valence-electron chi connectivity index (χ1n) is 5.46. The standard InChI is InChI=1S/C14H16O3/c1-11(15)6-7-12-4-3-5-13(10-12)8-9-14(16)17-2/h3-7,10H,8-9H2,1-2H3/b7-6+. The number of aryl methyl sites for hydroxylation is 1. The lowest BCUT2D eigenvalue weighted by atomic mass is 10.1. The Labute approximate surface area is 101 Å². The lowest BCUT2D eigenvalue weighted by Crippen LogP contribution is -2.01. The number of esters is 1. The summed E-state index contributed by atoms with van der Waals surface area (Å²) in [6.45, 7) is 1.51. The molecule has 1 rings (SSSR count). The molecule has 0 atom stereocenters. The second kappa shape index (κ2) is 6.63. The highest BCUT2D eigenvalue weighted by Gasteiger charge is 2.01. The van der Waals surface area contributed by atoms with Gasteiger partial charge in [-0.2, -0.15) is 0 Å². The van der Waals surface area contributed by atoms with Gasteiger partial charge in [0.2, 0.25) is 0 Å². The molecule has 0 saturated heterocycles. The molecule has 3 nitrogen and oxygen atoms in total. The van der Waals surface area contributed by atoms with E-state index in [1.807, 2.05) is 24.3 Å². The Kier molecular flexibility index (Phi) is 5.14. The Balaban J connectivity index is 2.65. The van der Waals surface area contributed by atoms with Gasteiger partial charge >= 0.3 is 5.97 Å². The lowest BCUT2D eigenvalue weighted by molar-refractivity contribution is -0.140. The van der Waals surface area contributed by atoms with Crippen molar-refractivity contribution >= 4 is 17.8 Å². The van der Waals surface area contributed by atoms with Gasteiger partial charge in [-0.3, -0.25) is 9.59 Å². The molecule has 0 aliphatic rings. The van der Waals surface area contributed by atoms with Gasteiger partial charge in [-0.05, 0) is 30.5 Å². The van der Waals surface area contributed by atoms with Gasteiger partial charge in [0.25, 0.3) is 0 Å². The zero-order valence-corrected chi connectivity index (χ0v) is 10.1. The van der Waals surface area contributed by atoms with Gasteiger partial charge in [0.15, 0.2) is 5.78 Å². The Bertz CT molecular complexity index is 433. The van der Waals surface area contributed by atoms with E-state index in [0.29, 0.717) is 12.8 Å². The smallest absolute Gasteiger partial charge is 0.305 e. The molecule has 1 aromatic carbocycles. The molecule has 90 valence electrons. The third kappa shape index (κ3) is 5.11. The molecule has 0 aliphatic heterocycles. The number of hydrogen-bond donors (Lipinski definition) is 0. The van der Waals surface area contributed by atoms with Crippen molar-refractivity contribution in [2.45, 2.75) is 19.8 Å². The van der Waals surface area contributed by atoms with Crippen molar-refractivity contribution in [3.8, 4) is 0 Å². The second-order valence-electron chi connectivity index (χ2n) is 3.77. The highest BCUT2D eigenvalue weighted by molar-refractivity contribution is 5.91. The van der Waals surface area contributed by atoms with Crippen molar-refractivity contribution < 1.29 is 14.3 Å².